The van der Waals surface area contributed by atoms with Gasteiger partial charge in [-0.1, -0.05) is 0 Å². The Labute approximate surface area is 94.0 Å². The van der Waals surface area contributed by atoms with Gasteiger partial charge in [0, 0.05) is 12.1 Å². The molecule has 5 nitrogen and oxygen atoms in total. The third kappa shape index (κ3) is 3.13. The summed E-state index contributed by atoms with van der Waals surface area (Å²) in [5, 5.41) is 11.1. The second-order valence-corrected chi connectivity index (χ2v) is 3.11. The van der Waals surface area contributed by atoms with Crippen LogP contribution in [-0.4, -0.2) is 31.8 Å². The van der Waals surface area contributed by atoms with Gasteiger partial charge in [-0.05, 0) is 18.2 Å². The minimum atomic E-state index is -0.522. The number of ether oxygens (including phenoxy) is 2. The van der Waals surface area contributed by atoms with E-state index in [4.69, 9.17) is 14.6 Å². The van der Waals surface area contributed by atoms with Gasteiger partial charge in [0.1, 0.15) is 18.1 Å². The normalized spacial score (nSPS) is 9.69. The maximum atomic E-state index is 10.9. The van der Waals surface area contributed by atoms with Gasteiger partial charge in [0.05, 0.1) is 14.2 Å². The Bertz CT molecular complexity index is 365. The summed E-state index contributed by atoms with van der Waals surface area (Å²) >= 11 is 0. The summed E-state index contributed by atoms with van der Waals surface area (Å²) in [7, 11) is 3.12. The molecule has 0 saturated heterocycles. The van der Waals surface area contributed by atoms with E-state index in [2.05, 4.69) is 5.32 Å². The minimum absolute atomic E-state index is 0.291. The molecule has 0 aliphatic heterocycles. The van der Waals surface area contributed by atoms with Crippen LogP contribution in [0.25, 0.3) is 0 Å². The fourth-order valence-corrected chi connectivity index (χ4v) is 1.27. The SMILES string of the molecule is COc1ccc(OC)c(CNC(=O)CO)c1. The number of hydrogen-bond donors (Lipinski definition) is 2. The van der Waals surface area contributed by atoms with E-state index in [-0.39, 0.29) is 0 Å². The number of hydrogen-bond acceptors (Lipinski definition) is 4. The predicted octanol–water partition coefficient (Wildman–Crippen LogP) is 0.312. The molecule has 0 aliphatic carbocycles. The van der Waals surface area contributed by atoms with Crippen molar-refractivity contribution < 1.29 is 19.4 Å². The Morgan fingerprint density at radius 1 is 1.38 bits per heavy atom. The molecule has 0 atom stereocenters. The van der Waals surface area contributed by atoms with E-state index in [1.807, 2.05) is 0 Å². The molecule has 1 aromatic rings. The summed E-state index contributed by atoms with van der Waals surface area (Å²) in [4.78, 5) is 10.9. The van der Waals surface area contributed by atoms with Crippen LogP contribution in [0, 0.1) is 0 Å². The lowest BCUT2D eigenvalue weighted by Crippen LogP contribution is -2.25. The molecule has 5 heteroatoms. The minimum Gasteiger partial charge on any atom is -0.497 e. The second-order valence-electron chi connectivity index (χ2n) is 3.11. The number of rotatable bonds is 5. The van der Waals surface area contributed by atoms with Crippen LogP contribution in [0.15, 0.2) is 18.2 Å². The van der Waals surface area contributed by atoms with E-state index in [9.17, 15) is 4.79 Å². The molecule has 2 N–H and O–H groups in total. The molecular weight excluding hydrogens is 210 g/mol. The van der Waals surface area contributed by atoms with E-state index in [0.717, 1.165) is 5.56 Å². The largest absolute Gasteiger partial charge is 0.497 e. The Balaban J connectivity index is 2.78. The zero-order chi connectivity index (χ0) is 12.0. The van der Waals surface area contributed by atoms with E-state index < -0.39 is 12.5 Å². The highest BCUT2D eigenvalue weighted by Crippen LogP contribution is 2.23. The number of aliphatic hydroxyl groups excluding tert-OH is 1. The lowest BCUT2D eigenvalue weighted by Gasteiger charge is -2.10. The van der Waals surface area contributed by atoms with Gasteiger partial charge in [-0.25, -0.2) is 0 Å². The monoisotopic (exact) mass is 225 g/mol. The third-order valence-corrected chi connectivity index (χ3v) is 2.11. The molecule has 0 aliphatic rings. The maximum Gasteiger partial charge on any atom is 0.245 e. The highest BCUT2D eigenvalue weighted by Gasteiger charge is 2.06. The molecule has 0 heterocycles. The molecule has 0 bridgehead atoms. The van der Waals surface area contributed by atoms with Gasteiger partial charge in [-0.2, -0.15) is 0 Å². The Kier molecular flexibility index (Phi) is 4.60. The number of benzene rings is 1. The van der Waals surface area contributed by atoms with Crippen LogP contribution < -0.4 is 14.8 Å². The van der Waals surface area contributed by atoms with Crippen molar-refractivity contribution in [3.05, 3.63) is 23.8 Å². The van der Waals surface area contributed by atoms with Crippen LogP contribution in [0.3, 0.4) is 0 Å². The zero-order valence-electron chi connectivity index (χ0n) is 9.32. The van der Waals surface area contributed by atoms with E-state index >= 15 is 0 Å². The van der Waals surface area contributed by atoms with E-state index in [0.29, 0.717) is 18.0 Å². The van der Waals surface area contributed by atoms with E-state index in [1.54, 1.807) is 32.4 Å². The first-order valence-corrected chi connectivity index (χ1v) is 4.79. The van der Waals surface area contributed by atoms with Gasteiger partial charge in [-0.3, -0.25) is 4.79 Å². The fourth-order valence-electron chi connectivity index (χ4n) is 1.27. The van der Waals surface area contributed by atoms with Crippen LogP contribution in [-0.2, 0) is 11.3 Å². The lowest BCUT2D eigenvalue weighted by atomic mass is 10.2. The Hall–Kier alpha value is -1.75. The quantitative estimate of drug-likeness (QED) is 0.757. The number of carbonyl (C=O) groups excluding carboxylic acids is 1. The molecule has 0 fully saturated rings. The number of nitrogens with one attached hydrogen (secondary N) is 1. The molecule has 0 spiro atoms. The Morgan fingerprint density at radius 3 is 2.69 bits per heavy atom. The summed E-state index contributed by atoms with van der Waals surface area (Å²) in [6, 6.07) is 5.31. The molecule has 1 aromatic carbocycles. The van der Waals surface area contributed by atoms with Crippen molar-refractivity contribution >= 4 is 5.91 Å². The van der Waals surface area contributed by atoms with Gasteiger partial charge in [0.2, 0.25) is 5.91 Å². The second kappa shape index (κ2) is 5.97. The van der Waals surface area contributed by atoms with E-state index in [1.165, 1.54) is 0 Å². The van der Waals surface area contributed by atoms with Crippen molar-refractivity contribution in [2.75, 3.05) is 20.8 Å². The van der Waals surface area contributed by atoms with Gasteiger partial charge in [-0.15, -0.1) is 0 Å². The summed E-state index contributed by atoms with van der Waals surface area (Å²) in [5.41, 5.74) is 0.795. The zero-order valence-corrected chi connectivity index (χ0v) is 9.32. The molecule has 1 amide bonds. The maximum absolute atomic E-state index is 10.9. The van der Waals surface area contributed by atoms with Gasteiger partial charge in [0.25, 0.3) is 0 Å². The van der Waals surface area contributed by atoms with Crippen LogP contribution in [0.1, 0.15) is 5.56 Å². The molecule has 1 rings (SSSR count). The summed E-state index contributed by atoms with van der Waals surface area (Å²) < 4.78 is 10.2. The first kappa shape index (κ1) is 12.3. The van der Waals surface area contributed by atoms with Crippen molar-refractivity contribution in [2.45, 2.75) is 6.54 Å². The molecule has 0 radical (unpaired) electrons. The predicted molar refractivity (Wildman–Crippen MR) is 58.5 cm³/mol. The van der Waals surface area contributed by atoms with Crippen molar-refractivity contribution in [1.29, 1.82) is 0 Å². The molecule has 0 saturated carbocycles. The number of methoxy groups -OCH3 is 2. The van der Waals surface area contributed by atoms with Gasteiger partial charge >= 0.3 is 0 Å². The standard InChI is InChI=1S/C11H15NO4/c1-15-9-3-4-10(16-2)8(5-9)6-12-11(14)7-13/h3-5,13H,6-7H2,1-2H3,(H,12,14). The smallest absolute Gasteiger partial charge is 0.245 e. The summed E-state index contributed by atoms with van der Waals surface area (Å²) in [6.07, 6.45) is 0. The highest BCUT2D eigenvalue weighted by atomic mass is 16.5. The van der Waals surface area contributed by atoms with Gasteiger partial charge in [0.15, 0.2) is 0 Å². The topological polar surface area (TPSA) is 67.8 Å². The summed E-state index contributed by atoms with van der Waals surface area (Å²) in [5.74, 6) is 0.929. The number of aliphatic hydroxyl groups is 1. The Morgan fingerprint density at radius 2 is 2.12 bits per heavy atom. The molecule has 88 valence electrons. The average molecular weight is 225 g/mol. The van der Waals surface area contributed by atoms with Crippen LogP contribution in [0.2, 0.25) is 0 Å². The van der Waals surface area contributed by atoms with Crippen LogP contribution in [0.5, 0.6) is 11.5 Å². The summed E-state index contributed by atoms with van der Waals surface area (Å²) in [6.45, 7) is -0.230. The average Bonchev–Trinajstić information content (AvgIpc) is 2.35. The first-order valence-electron chi connectivity index (χ1n) is 4.79. The van der Waals surface area contributed by atoms with Gasteiger partial charge < -0.3 is 19.9 Å². The van der Waals surface area contributed by atoms with Crippen molar-refractivity contribution in [1.82, 2.24) is 5.32 Å². The third-order valence-electron chi connectivity index (χ3n) is 2.11. The lowest BCUT2D eigenvalue weighted by molar-refractivity contribution is -0.123. The van der Waals surface area contributed by atoms with Crippen LogP contribution >= 0.6 is 0 Å². The molecular formula is C11H15NO4. The molecule has 16 heavy (non-hydrogen) atoms. The number of carbonyl (C=O) groups is 1. The highest BCUT2D eigenvalue weighted by molar-refractivity contribution is 5.76. The fraction of sp³-hybridized carbons (Fsp3) is 0.364. The first-order chi connectivity index (χ1) is 7.71. The molecule has 0 aromatic heterocycles. The molecule has 0 unspecified atom stereocenters. The van der Waals surface area contributed by atoms with Crippen molar-refractivity contribution in [3.63, 3.8) is 0 Å². The number of amides is 1. The van der Waals surface area contributed by atoms with Crippen molar-refractivity contribution in [3.8, 4) is 11.5 Å². The van der Waals surface area contributed by atoms with Crippen molar-refractivity contribution in [2.24, 2.45) is 0 Å². The van der Waals surface area contributed by atoms with Crippen LogP contribution in [0.4, 0.5) is 0 Å².